The summed E-state index contributed by atoms with van der Waals surface area (Å²) < 4.78 is 5.69. The van der Waals surface area contributed by atoms with E-state index in [1.54, 1.807) is 12.1 Å². The van der Waals surface area contributed by atoms with E-state index in [9.17, 15) is 4.79 Å². The van der Waals surface area contributed by atoms with Gasteiger partial charge in [-0.2, -0.15) is 0 Å². The van der Waals surface area contributed by atoms with E-state index in [1.807, 2.05) is 37.3 Å². The molecule has 2 N–H and O–H groups in total. The monoisotopic (exact) mass is 416 g/mol. The minimum absolute atomic E-state index is 0.0925. The van der Waals surface area contributed by atoms with Crippen LogP contribution in [0.3, 0.4) is 0 Å². The Morgan fingerprint density at radius 1 is 1.29 bits per heavy atom. The van der Waals surface area contributed by atoms with Gasteiger partial charge in [0.2, 0.25) is 11.1 Å². The van der Waals surface area contributed by atoms with Gasteiger partial charge in [0.25, 0.3) is 0 Å². The maximum Gasteiger partial charge on any atom is 0.234 e. The number of H-pyrrole nitrogens is 1. The van der Waals surface area contributed by atoms with Crippen molar-refractivity contribution < 1.29 is 9.53 Å². The average Bonchev–Trinajstić information content (AvgIpc) is 3.16. The van der Waals surface area contributed by atoms with Gasteiger partial charge in [0.15, 0.2) is 5.82 Å². The number of halogens is 1. The summed E-state index contributed by atoms with van der Waals surface area (Å²) in [6, 6.07) is 13.3. The van der Waals surface area contributed by atoms with E-state index in [0.29, 0.717) is 21.8 Å². The number of hydrogen-bond acceptors (Lipinski definition) is 5. The van der Waals surface area contributed by atoms with Crippen LogP contribution in [0.1, 0.15) is 23.9 Å². The summed E-state index contributed by atoms with van der Waals surface area (Å²) in [6.45, 7) is 4.23. The van der Waals surface area contributed by atoms with Crippen LogP contribution in [0.25, 0.3) is 0 Å². The van der Waals surface area contributed by atoms with Crippen LogP contribution in [0.15, 0.2) is 47.6 Å². The molecule has 0 bridgehead atoms. The molecule has 0 saturated carbocycles. The Labute approximate surface area is 173 Å². The number of ether oxygens (including phenoxy) is 1. The normalized spacial score (nSPS) is 10.7. The second-order valence-electron chi connectivity index (χ2n) is 6.11. The van der Waals surface area contributed by atoms with Crippen molar-refractivity contribution in [3.63, 3.8) is 0 Å². The molecule has 6 nitrogen and oxygen atoms in total. The average molecular weight is 417 g/mol. The van der Waals surface area contributed by atoms with Crippen LogP contribution in [0.5, 0.6) is 5.75 Å². The molecule has 0 aliphatic carbocycles. The van der Waals surface area contributed by atoms with Crippen LogP contribution >= 0.6 is 23.4 Å². The molecule has 0 aliphatic rings. The second kappa shape index (κ2) is 9.61. The number of anilines is 1. The molecule has 0 radical (unpaired) electrons. The van der Waals surface area contributed by atoms with Gasteiger partial charge in [0.05, 0.1) is 5.75 Å². The minimum atomic E-state index is -0.0925. The Morgan fingerprint density at radius 3 is 2.89 bits per heavy atom. The highest BCUT2D eigenvalue weighted by molar-refractivity contribution is 7.99. The van der Waals surface area contributed by atoms with Crippen molar-refractivity contribution in [2.24, 2.45) is 0 Å². The first kappa shape index (κ1) is 20.2. The first-order valence-electron chi connectivity index (χ1n) is 8.86. The van der Waals surface area contributed by atoms with Gasteiger partial charge in [-0.05, 0) is 48.7 Å². The van der Waals surface area contributed by atoms with Crippen LogP contribution in [0.4, 0.5) is 5.69 Å². The summed E-state index contributed by atoms with van der Waals surface area (Å²) in [5.41, 5.74) is 2.90. The summed E-state index contributed by atoms with van der Waals surface area (Å²) in [6.07, 6.45) is 0.862. The summed E-state index contributed by atoms with van der Waals surface area (Å²) in [4.78, 5) is 16.5. The number of nitrogens with one attached hydrogen (secondary N) is 2. The van der Waals surface area contributed by atoms with E-state index in [0.717, 1.165) is 23.2 Å². The highest BCUT2D eigenvalue weighted by Gasteiger charge is 2.10. The van der Waals surface area contributed by atoms with Gasteiger partial charge < -0.3 is 10.1 Å². The van der Waals surface area contributed by atoms with Crippen LogP contribution in [0, 0.1) is 6.92 Å². The first-order chi connectivity index (χ1) is 13.5. The number of aryl methyl sites for hydroxylation is 2. The molecule has 0 atom stereocenters. The maximum absolute atomic E-state index is 12.2. The van der Waals surface area contributed by atoms with Crippen LogP contribution in [-0.4, -0.2) is 26.8 Å². The number of amides is 1. The molecule has 28 heavy (non-hydrogen) atoms. The van der Waals surface area contributed by atoms with Gasteiger partial charge in [0.1, 0.15) is 12.4 Å². The number of thioether (sulfide) groups is 1. The molecular weight excluding hydrogens is 396 g/mol. The molecule has 8 heteroatoms. The Hall–Kier alpha value is -2.51. The van der Waals surface area contributed by atoms with Crippen molar-refractivity contribution in [3.05, 3.63) is 64.4 Å². The molecule has 0 unspecified atom stereocenters. The molecular formula is C20H21ClN4O2S. The first-order valence-corrected chi connectivity index (χ1v) is 10.2. The predicted octanol–water partition coefficient (Wildman–Crippen LogP) is 4.64. The van der Waals surface area contributed by atoms with Gasteiger partial charge in [-0.15, -0.1) is 5.10 Å². The zero-order valence-electron chi connectivity index (χ0n) is 15.7. The van der Waals surface area contributed by atoms with Crippen molar-refractivity contribution in [1.29, 1.82) is 0 Å². The van der Waals surface area contributed by atoms with Crippen molar-refractivity contribution >= 4 is 35.0 Å². The highest BCUT2D eigenvalue weighted by Crippen LogP contribution is 2.22. The number of carbonyl (C=O) groups excluding carboxylic acids is 1. The number of aromatic nitrogens is 3. The second-order valence-corrected chi connectivity index (χ2v) is 7.46. The van der Waals surface area contributed by atoms with Crippen LogP contribution in [0.2, 0.25) is 5.02 Å². The van der Waals surface area contributed by atoms with Gasteiger partial charge in [0, 0.05) is 10.7 Å². The molecule has 3 aromatic rings. The molecule has 1 aromatic heterocycles. The van der Waals surface area contributed by atoms with E-state index in [4.69, 9.17) is 16.3 Å². The Kier molecular flexibility index (Phi) is 6.95. The Morgan fingerprint density at radius 2 is 2.11 bits per heavy atom. The maximum atomic E-state index is 12.2. The number of nitrogens with zero attached hydrogens (tertiary/aromatic N) is 2. The lowest BCUT2D eigenvalue weighted by Crippen LogP contribution is -2.15. The third-order valence-electron chi connectivity index (χ3n) is 4.02. The number of aromatic amines is 1. The number of carbonyl (C=O) groups is 1. The lowest BCUT2D eigenvalue weighted by Gasteiger charge is -2.08. The third kappa shape index (κ3) is 5.50. The quantitative estimate of drug-likeness (QED) is 0.523. The Bertz CT molecular complexity index is 961. The van der Waals surface area contributed by atoms with Crippen LogP contribution < -0.4 is 10.1 Å². The number of para-hydroxylation sites is 1. The molecule has 0 aliphatic heterocycles. The Balaban J connectivity index is 1.49. The van der Waals surface area contributed by atoms with Crippen molar-refractivity contribution in [1.82, 2.24) is 15.2 Å². The van der Waals surface area contributed by atoms with Crippen molar-refractivity contribution in [2.45, 2.75) is 32.0 Å². The summed E-state index contributed by atoms with van der Waals surface area (Å²) in [5, 5.41) is 11.1. The smallest absolute Gasteiger partial charge is 0.234 e. The molecule has 1 heterocycles. The lowest BCUT2D eigenvalue weighted by molar-refractivity contribution is -0.113. The third-order valence-corrected chi connectivity index (χ3v) is 5.29. The summed E-state index contributed by atoms with van der Waals surface area (Å²) >= 11 is 7.28. The minimum Gasteiger partial charge on any atom is -0.486 e. The fourth-order valence-corrected chi connectivity index (χ4v) is 3.27. The molecule has 0 spiro atoms. The van der Waals surface area contributed by atoms with Crippen molar-refractivity contribution in [2.75, 3.05) is 11.1 Å². The predicted molar refractivity (Wildman–Crippen MR) is 112 cm³/mol. The van der Waals surface area contributed by atoms with E-state index >= 15 is 0 Å². The summed E-state index contributed by atoms with van der Waals surface area (Å²) in [5.74, 6) is 1.44. The van der Waals surface area contributed by atoms with E-state index < -0.39 is 0 Å². The summed E-state index contributed by atoms with van der Waals surface area (Å²) in [7, 11) is 0. The number of hydrogen-bond donors (Lipinski definition) is 2. The largest absolute Gasteiger partial charge is 0.486 e. The molecule has 0 fully saturated rings. The topological polar surface area (TPSA) is 79.9 Å². The molecule has 0 saturated heterocycles. The van der Waals surface area contributed by atoms with Gasteiger partial charge in [-0.1, -0.05) is 48.5 Å². The van der Waals surface area contributed by atoms with Gasteiger partial charge in [-0.25, -0.2) is 4.98 Å². The van der Waals surface area contributed by atoms with Crippen molar-refractivity contribution in [3.8, 4) is 5.75 Å². The zero-order valence-corrected chi connectivity index (χ0v) is 17.2. The van der Waals surface area contributed by atoms with E-state index in [1.165, 1.54) is 11.8 Å². The highest BCUT2D eigenvalue weighted by atomic mass is 35.5. The fourth-order valence-electron chi connectivity index (χ4n) is 2.53. The van der Waals surface area contributed by atoms with E-state index in [-0.39, 0.29) is 18.3 Å². The number of benzene rings is 2. The van der Waals surface area contributed by atoms with Gasteiger partial charge >= 0.3 is 0 Å². The van der Waals surface area contributed by atoms with Crippen LogP contribution in [-0.2, 0) is 17.8 Å². The number of rotatable bonds is 8. The molecule has 3 rings (SSSR count). The molecule has 2 aromatic carbocycles. The van der Waals surface area contributed by atoms with Gasteiger partial charge in [-0.3, -0.25) is 9.89 Å². The fraction of sp³-hybridized carbons (Fsp3) is 0.250. The standard InChI is InChI=1S/C20H21ClN4O2S/c1-3-14-6-4-5-7-17(14)22-19(26)12-28-20-23-18(24-25-20)11-27-15-8-9-16(21)13(2)10-15/h4-10H,3,11-12H2,1-2H3,(H,22,26)(H,23,24,25). The molecule has 146 valence electrons. The lowest BCUT2D eigenvalue weighted by atomic mass is 10.1. The zero-order chi connectivity index (χ0) is 19.9. The molecule has 1 amide bonds. The SMILES string of the molecule is CCc1ccccc1NC(=O)CSc1n[nH]c(COc2ccc(Cl)c(C)c2)n1. The van der Waals surface area contributed by atoms with E-state index in [2.05, 4.69) is 27.4 Å².